The number of carbonyl (C=O) groups is 1. The number of hydrogen-bond acceptors (Lipinski definition) is 5. The summed E-state index contributed by atoms with van der Waals surface area (Å²) in [5, 5.41) is 8.88. The SMILES string of the molecule is COc1cccc(Cn2nc(C)c(/C=N/NC(=O)c3ccncc3)c2Cl)c1. The maximum atomic E-state index is 12.0. The van der Waals surface area contributed by atoms with Crippen molar-refractivity contribution in [2.45, 2.75) is 13.5 Å². The summed E-state index contributed by atoms with van der Waals surface area (Å²) in [5.74, 6) is 0.444. The fourth-order valence-corrected chi connectivity index (χ4v) is 2.77. The Balaban J connectivity index is 1.72. The van der Waals surface area contributed by atoms with Gasteiger partial charge in [-0.2, -0.15) is 10.2 Å². The zero-order valence-electron chi connectivity index (χ0n) is 14.9. The standard InChI is InChI=1S/C19H18ClN5O2/c1-13-17(11-22-23-19(26)15-6-8-21-9-7-15)18(20)25(24-13)12-14-4-3-5-16(10-14)27-2/h3-11H,12H2,1-2H3,(H,23,26)/b22-11+. The normalized spacial score (nSPS) is 10.9. The van der Waals surface area contributed by atoms with Crippen molar-refractivity contribution in [1.29, 1.82) is 0 Å². The second-order valence-corrected chi connectivity index (χ2v) is 6.09. The predicted octanol–water partition coefficient (Wildman–Crippen LogP) is 3.06. The topological polar surface area (TPSA) is 81.4 Å². The molecule has 2 heterocycles. The molecule has 2 aromatic heterocycles. The van der Waals surface area contributed by atoms with E-state index < -0.39 is 0 Å². The Hall–Kier alpha value is -3.19. The van der Waals surface area contributed by atoms with Crippen molar-refractivity contribution >= 4 is 23.7 Å². The van der Waals surface area contributed by atoms with Gasteiger partial charge < -0.3 is 4.74 Å². The number of pyridine rings is 1. The van der Waals surface area contributed by atoms with Crippen LogP contribution in [0, 0.1) is 6.92 Å². The quantitative estimate of drug-likeness (QED) is 0.524. The highest BCUT2D eigenvalue weighted by atomic mass is 35.5. The molecule has 1 amide bonds. The van der Waals surface area contributed by atoms with Gasteiger partial charge >= 0.3 is 0 Å². The lowest BCUT2D eigenvalue weighted by molar-refractivity contribution is 0.0955. The zero-order valence-corrected chi connectivity index (χ0v) is 15.6. The van der Waals surface area contributed by atoms with E-state index >= 15 is 0 Å². The maximum absolute atomic E-state index is 12.0. The van der Waals surface area contributed by atoms with Crippen LogP contribution in [0.25, 0.3) is 0 Å². The van der Waals surface area contributed by atoms with E-state index in [2.05, 4.69) is 20.6 Å². The van der Waals surface area contributed by atoms with E-state index in [1.807, 2.05) is 31.2 Å². The van der Waals surface area contributed by atoms with Gasteiger partial charge in [-0.3, -0.25) is 9.78 Å². The molecule has 3 rings (SSSR count). The van der Waals surface area contributed by atoms with Crippen LogP contribution in [0.15, 0.2) is 53.9 Å². The fourth-order valence-electron chi connectivity index (χ4n) is 2.49. The first kappa shape index (κ1) is 18.6. The van der Waals surface area contributed by atoms with E-state index in [4.69, 9.17) is 16.3 Å². The Morgan fingerprint density at radius 1 is 1.33 bits per heavy atom. The van der Waals surface area contributed by atoms with Crippen molar-refractivity contribution in [3.63, 3.8) is 0 Å². The molecule has 0 bridgehead atoms. The average Bonchev–Trinajstić information content (AvgIpc) is 2.96. The number of hydrazone groups is 1. The highest BCUT2D eigenvalue weighted by molar-refractivity contribution is 6.32. The first-order valence-corrected chi connectivity index (χ1v) is 8.55. The van der Waals surface area contributed by atoms with Gasteiger partial charge in [0.05, 0.1) is 31.1 Å². The number of ether oxygens (including phenoxy) is 1. The number of aryl methyl sites for hydroxylation is 1. The van der Waals surface area contributed by atoms with Crippen LogP contribution in [0.4, 0.5) is 0 Å². The molecule has 0 atom stereocenters. The van der Waals surface area contributed by atoms with Crippen LogP contribution in [0.5, 0.6) is 5.75 Å². The van der Waals surface area contributed by atoms with Gasteiger partial charge in [-0.1, -0.05) is 23.7 Å². The molecule has 0 aliphatic carbocycles. The number of nitrogens with zero attached hydrogens (tertiary/aromatic N) is 4. The molecule has 0 unspecified atom stereocenters. The van der Waals surface area contributed by atoms with Crippen LogP contribution in [0.1, 0.15) is 27.2 Å². The molecule has 8 heteroatoms. The molecule has 0 aliphatic rings. The first-order valence-electron chi connectivity index (χ1n) is 8.17. The van der Waals surface area contributed by atoms with E-state index in [0.717, 1.165) is 11.3 Å². The van der Waals surface area contributed by atoms with Crippen LogP contribution >= 0.6 is 11.6 Å². The molecule has 0 spiro atoms. The van der Waals surface area contributed by atoms with Crippen LogP contribution in [-0.2, 0) is 6.54 Å². The summed E-state index contributed by atoms with van der Waals surface area (Å²) >= 11 is 6.44. The summed E-state index contributed by atoms with van der Waals surface area (Å²) in [5.41, 5.74) is 5.31. The number of methoxy groups -OCH3 is 1. The molecule has 0 saturated carbocycles. The molecule has 0 radical (unpaired) electrons. The van der Waals surface area contributed by atoms with Crippen molar-refractivity contribution in [2.75, 3.05) is 7.11 Å². The van der Waals surface area contributed by atoms with Crippen LogP contribution in [0.2, 0.25) is 5.15 Å². The number of aromatic nitrogens is 3. The summed E-state index contributed by atoms with van der Waals surface area (Å²) in [7, 11) is 1.62. The average molecular weight is 384 g/mol. The van der Waals surface area contributed by atoms with E-state index in [-0.39, 0.29) is 5.91 Å². The fraction of sp³-hybridized carbons (Fsp3) is 0.158. The lowest BCUT2D eigenvalue weighted by atomic mass is 10.2. The second kappa shape index (κ2) is 8.46. The van der Waals surface area contributed by atoms with Crippen molar-refractivity contribution in [3.05, 3.63) is 76.3 Å². The number of nitrogens with one attached hydrogen (secondary N) is 1. The predicted molar refractivity (Wildman–Crippen MR) is 103 cm³/mol. The summed E-state index contributed by atoms with van der Waals surface area (Å²) in [6, 6.07) is 10.9. The van der Waals surface area contributed by atoms with Crippen molar-refractivity contribution in [1.82, 2.24) is 20.2 Å². The Kier molecular flexibility index (Phi) is 5.83. The van der Waals surface area contributed by atoms with E-state index in [9.17, 15) is 4.79 Å². The summed E-state index contributed by atoms with van der Waals surface area (Å²) in [6.45, 7) is 2.33. The lowest BCUT2D eigenvalue weighted by Gasteiger charge is -2.06. The molecule has 0 aliphatic heterocycles. The zero-order chi connectivity index (χ0) is 19.2. The van der Waals surface area contributed by atoms with Crippen LogP contribution < -0.4 is 10.2 Å². The number of hydrogen-bond donors (Lipinski definition) is 1. The first-order chi connectivity index (χ1) is 13.1. The number of halogens is 1. The lowest BCUT2D eigenvalue weighted by Crippen LogP contribution is -2.17. The van der Waals surface area contributed by atoms with E-state index in [1.165, 1.54) is 6.21 Å². The van der Waals surface area contributed by atoms with Gasteiger partial charge in [-0.05, 0) is 36.8 Å². The second-order valence-electron chi connectivity index (χ2n) is 5.73. The third-order valence-electron chi connectivity index (χ3n) is 3.88. The summed E-state index contributed by atoms with van der Waals surface area (Å²) < 4.78 is 6.91. The summed E-state index contributed by atoms with van der Waals surface area (Å²) in [4.78, 5) is 15.9. The minimum Gasteiger partial charge on any atom is -0.497 e. The monoisotopic (exact) mass is 383 g/mol. The molecule has 138 valence electrons. The van der Waals surface area contributed by atoms with Crippen molar-refractivity contribution in [2.24, 2.45) is 5.10 Å². The van der Waals surface area contributed by atoms with Gasteiger partial charge in [0.25, 0.3) is 5.91 Å². The van der Waals surface area contributed by atoms with Crippen LogP contribution in [-0.4, -0.2) is 34.0 Å². The van der Waals surface area contributed by atoms with Crippen LogP contribution in [0.3, 0.4) is 0 Å². The third-order valence-corrected chi connectivity index (χ3v) is 4.28. The smallest absolute Gasteiger partial charge is 0.271 e. The van der Waals surface area contributed by atoms with Crippen molar-refractivity contribution in [3.8, 4) is 5.75 Å². The van der Waals surface area contributed by atoms with Gasteiger partial charge in [0.1, 0.15) is 10.9 Å². The molecule has 1 N–H and O–H groups in total. The molecular weight excluding hydrogens is 366 g/mol. The molecule has 0 saturated heterocycles. The Morgan fingerprint density at radius 3 is 2.85 bits per heavy atom. The molecule has 27 heavy (non-hydrogen) atoms. The number of rotatable bonds is 6. The largest absolute Gasteiger partial charge is 0.497 e. The van der Waals surface area contributed by atoms with Crippen molar-refractivity contribution < 1.29 is 9.53 Å². The molecule has 0 fully saturated rings. The Morgan fingerprint density at radius 2 is 2.11 bits per heavy atom. The minimum absolute atomic E-state index is 0.328. The highest BCUT2D eigenvalue weighted by Crippen LogP contribution is 2.20. The van der Waals surface area contributed by atoms with Gasteiger partial charge in [0.15, 0.2) is 0 Å². The Bertz CT molecular complexity index is 969. The number of carbonyl (C=O) groups excluding carboxylic acids is 1. The number of amides is 1. The van der Waals surface area contributed by atoms with Gasteiger partial charge in [-0.25, -0.2) is 10.1 Å². The highest BCUT2D eigenvalue weighted by Gasteiger charge is 2.12. The third kappa shape index (κ3) is 4.51. The van der Waals surface area contributed by atoms with Gasteiger partial charge in [0, 0.05) is 18.0 Å². The van der Waals surface area contributed by atoms with E-state index in [0.29, 0.717) is 28.5 Å². The molecule has 1 aromatic carbocycles. The molecule has 3 aromatic rings. The van der Waals surface area contributed by atoms with Gasteiger partial charge in [0.2, 0.25) is 0 Å². The molecule has 7 nitrogen and oxygen atoms in total. The summed E-state index contributed by atoms with van der Waals surface area (Å²) in [6.07, 6.45) is 4.58. The maximum Gasteiger partial charge on any atom is 0.271 e. The minimum atomic E-state index is -0.328. The number of benzene rings is 1. The van der Waals surface area contributed by atoms with Gasteiger partial charge in [-0.15, -0.1) is 0 Å². The molecular formula is C19H18ClN5O2. The Labute approximate surface area is 161 Å². The van der Waals surface area contributed by atoms with E-state index in [1.54, 1.807) is 36.3 Å².